The number of hydrogen-bond donors (Lipinski definition) is 0. The summed E-state index contributed by atoms with van der Waals surface area (Å²) in [5.74, 6) is 0. The van der Waals surface area contributed by atoms with E-state index in [9.17, 15) is 0 Å². The van der Waals surface area contributed by atoms with E-state index in [0.717, 1.165) is 13.0 Å². The summed E-state index contributed by atoms with van der Waals surface area (Å²) in [6, 6.07) is 1.94. The van der Waals surface area contributed by atoms with Gasteiger partial charge in [0.2, 0.25) is 0 Å². The summed E-state index contributed by atoms with van der Waals surface area (Å²) in [7, 11) is 4.16. The summed E-state index contributed by atoms with van der Waals surface area (Å²) in [6.45, 7) is 3.18. The van der Waals surface area contributed by atoms with E-state index in [1.165, 1.54) is 11.1 Å². The smallest absolute Gasteiger partial charge is 0 e. The van der Waals surface area contributed by atoms with Crippen molar-refractivity contribution in [2.45, 2.75) is 13.3 Å². The minimum absolute atomic E-state index is 0. The predicted octanol–water partition coefficient (Wildman–Crippen LogP) is 1.29. The third-order valence-electron chi connectivity index (χ3n) is 1.91. The van der Waals surface area contributed by atoms with Gasteiger partial charge in [-0.25, -0.2) is 0 Å². The zero-order valence-electron chi connectivity index (χ0n) is 8.46. The van der Waals surface area contributed by atoms with Crippen LogP contribution in [0.2, 0.25) is 0 Å². The zero-order valence-corrected chi connectivity index (χ0v) is 12.6. The van der Waals surface area contributed by atoms with Crippen molar-refractivity contribution >= 4 is 0 Å². The molecule has 0 saturated heterocycles. The van der Waals surface area contributed by atoms with Crippen molar-refractivity contribution in [1.82, 2.24) is 9.88 Å². The first-order valence-electron chi connectivity index (χ1n) is 4.16. The second-order valence-electron chi connectivity index (χ2n) is 3.29. The van der Waals surface area contributed by atoms with Crippen molar-refractivity contribution in [2.75, 3.05) is 20.6 Å². The average Bonchev–Trinajstić information content (AvgIpc) is 2.03. The molecule has 0 aliphatic rings. The molecule has 13 heavy (non-hydrogen) atoms. The Morgan fingerprint density at radius 2 is 2.15 bits per heavy atom. The Bertz CT molecular complexity index is 248. The number of likely N-dealkylation sites (N-methyl/N-ethyl adjacent to an activating group) is 1. The number of aromatic nitrogens is 1. The van der Waals surface area contributed by atoms with Crippen LogP contribution in [0.15, 0.2) is 12.3 Å². The largest absolute Gasteiger partial charge is 0.394 e. The standard InChI is InChI=1S/C10H15N2.U/c1-9-4-6-11-8-10(9)5-7-12(2)3;/h4,8H,5,7H2,1-3H3;/q-1;. The number of rotatable bonds is 3. The van der Waals surface area contributed by atoms with Gasteiger partial charge < -0.3 is 9.88 Å². The number of nitrogens with zero attached hydrogens (tertiary/aromatic N) is 2. The normalized spacial score (nSPS) is 9.85. The van der Waals surface area contributed by atoms with Gasteiger partial charge in [-0.05, 0) is 27.1 Å². The molecule has 70 valence electrons. The van der Waals surface area contributed by atoms with Crippen molar-refractivity contribution in [2.24, 2.45) is 0 Å². The molecular weight excluding hydrogens is 386 g/mol. The molecular formula is C10H15N2U-. The quantitative estimate of drug-likeness (QED) is 0.710. The van der Waals surface area contributed by atoms with E-state index in [0.29, 0.717) is 0 Å². The van der Waals surface area contributed by atoms with E-state index in [-0.39, 0.29) is 31.1 Å². The van der Waals surface area contributed by atoms with Gasteiger partial charge in [0.15, 0.2) is 0 Å². The minimum Gasteiger partial charge on any atom is -0.394 e. The van der Waals surface area contributed by atoms with Crippen LogP contribution in [0.4, 0.5) is 0 Å². The first kappa shape index (κ1) is 13.2. The van der Waals surface area contributed by atoms with Crippen molar-refractivity contribution in [3.8, 4) is 0 Å². The molecule has 0 aromatic carbocycles. The van der Waals surface area contributed by atoms with Gasteiger partial charge >= 0.3 is 0 Å². The summed E-state index contributed by atoms with van der Waals surface area (Å²) >= 11 is 0. The molecule has 0 aliphatic heterocycles. The fraction of sp³-hybridized carbons (Fsp3) is 0.500. The van der Waals surface area contributed by atoms with E-state index >= 15 is 0 Å². The van der Waals surface area contributed by atoms with E-state index in [2.05, 4.69) is 37.1 Å². The Morgan fingerprint density at radius 1 is 1.46 bits per heavy atom. The summed E-state index contributed by atoms with van der Waals surface area (Å²) in [6.07, 6.45) is 5.80. The van der Waals surface area contributed by atoms with Crippen LogP contribution in [0.1, 0.15) is 11.1 Å². The zero-order chi connectivity index (χ0) is 8.97. The van der Waals surface area contributed by atoms with Gasteiger partial charge in [-0.15, -0.1) is 5.56 Å². The SMILES string of the molecule is Cc1c[c-]ncc1CCN(C)C.[U]. The van der Waals surface area contributed by atoms with Gasteiger partial charge in [-0.2, -0.15) is 11.6 Å². The number of aryl methyl sites for hydroxylation is 1. The Hall–Kier alpha value is 0.162. The second-order valence-corrected chi connectivity index (χ2v) is 3.29. The predicted molar refractivity (Wildman–Crippen MR) is 50.1 cm³/mol. The molecule has 0 saturated carbocycles. The van der Waals surface area contributed by atoms with Crippen LogP contribution >= 0.6 is 0 Å². The van der Waals surface area contributed by atoms with E-state index < -0.39 is 0 Å². The van der Waals surface area contributed by atoms with Crippen LogP contribution in [-0.2, 0) is 6.42 Å². The van der Waals surface area contributed by atoms with E-state index in [1.54, 1.807) is 0 Å². The van der Waals surface area contributed by atoms with E-state index in [4.69, 9.17) is 0 Å². The summed E-state index contributed by atoms with van der Waals surface area (Å²) < 4.78 is 0. The molecule has 1 heterocycles. The Balaban J connectivity index is 0.00000144. The summed E-state index contributed by atoms with van der Waals surface area (Å²) in [5.41, 5.74) is 2.61. The molecule has 2 nitrogen and oxygen atoms in total. The van der Waals surface area contributed by atoms with Crippen molar-refractivity contribution in [1.29, 1.82) is 0 Å². The van der Waals surface area contributed by atoms with Crippen molar-refractivity contribution < 1.29 is 31.1 Å². The molecule has 0 radical (unpaired) electrons. The van der Waals surface area contributed by atoms with Gasteiger partial charge in [0.05, 0.1) is 0 Å². The Morgan fingerprint density at radius 3 is 2.69 bits per heavy atom. The molecule has 0 amide bonds. The first-order valence-corrected chi connectivity index (χ1v) is 4.16. The molecule has 1 aromatic rings. The molecule has 0 atom stereocenters. The molecule has 0 bridgehead atoms. The van der Waals surface area contributed by atoms with Gasteiger partial charge in [0, 0.05) is 31.1 Å². The van der Waals surface area contributed by atoms with Crippen molar-refractivity contribution in [3.63, 3.8) is 0 Å². The van der Waals surface area contributed by atoms with Gasteiger partial charge in [-0.1, -0.05) is 19.3 Å². The van der Waals surface area contributed by atoms with Gasteiger partial charge in [0.25, 0.3) is 0 Å². The minimum atomic E-state index is 0. The Kier molecular flexibility index (Phi) is 6.67. The van der Waals surface area contributed by atoms with Crippen LogP contribution in [0.5, 0.6) is 0 Å². The maximum atomic E-state index is 3.98. The fourth-order valence-electron chi connectivity index (χ4n) is 1.05. The molecule has 1 aromatic heterocycles. The Labute approximate surface area is 104 Å². The third-order valence-corrected chi connectivity index (χ3v) is 1.91. The maximum absolute atomic E-state index is 3.98. The molecule has 0 spiro atoms. The van der Waals surface area contributed by atoms with Crippen LogP contribution in [0.25, 0.3) is 0 Å². The molecule has 1 rings (SSSR count). The van der Waals surface area contributed by atoms with Crippen LogP contribution < -0.4 is 0 Å². The molecule has 3 heteroatoms. The third kappa shape index (κ3) is 4.81. The van der Waals surface area contributed by atoms with Crippen LogP contribution in [-0.4, -0.2) is 30.5 Å². The fourth-order valence-corrected chi connectivity index (χ4v) is 1.05. The monoisotopic (exact) mass is 401 g/mol. The summed E-state index contributed by atoms with van der Waals surface area (Å²) in [4.78, 5) is 6.16. The second kappa shape index (κ2) is 6.59. The van der Waals surface area contributed by atoms with Crippen LogP contribution in [0.3, 0.4) is 0 Å². The number of hydrogen-bond acceptors (Lipinski definition) is 2. The van der Waals surface area contributed by atoms with Crippen LogP contribution in [0, 0.1) is 44.2 Å². The molecule has 0 N–H and O–H groups in total. The topological polar surface area (TPSA) is 16.1 Å². The van der Waals surface area contributed by atoms with Gasteiger partial charge in [0.1, 0.15) is 0 Å². The van der Waals surface area contributed by atoms with E-state index in [1.807, 2.05) is 12.3 Å². The first-order chi connectivity index (χ1) is 5.70. The van der Waals surface area contributed by atoms with Gasteiger partial charge in [-0.3, -0.25) is 0 Å². The molecule has 0 aliphatic carbocycles. The molecule has 0 fully saturated rings. The number of pyridine rings is 1. The maximum Gasteiger partial charge on any atom is 0 e. The molecule has 0 unspecified atom stereocenters. The van der Waals surface area contributed by atoms with Crippen molar-refractivity contribution in [3.05, 3.63) is 29.6 Å². The average molecular weight is 401 g/mol. The summed E-state index contributed by atoms with van der Waals surface area (Å²) in [5, 5.41) is 0.